The van der Waals surface area contributed by atoms with E-state index in [4.69, 9.17) is 16.0 Å². The van der Waals surface area contributed by atoms with Gasteiger partial charge in [0.15, 0.2) is 0 Å². The largest absolute Gasteiger partial charge is 0.457 e. The van der Waals surface area contributed by atoms with E-state index in [0.717, 1.165) is 17.3 Å². The van der Waals surface area contributed by atoms with Crippen LogP contribution >= 0.6 is 35.1 Å². The van der Waals surface area contributed by atoms with Gasteiger partial charge in [0.25, 0.3) is 5.69 Å². The van der Waals surface area contributed by atoms with Crippen LogP contribution in [0.5, 0.6) is 0 Å². The topological polar surface area (TPSA) is 85.7 Å². The van der Waals surface area contributed by atoms with E-state index in [0.29, 0.717) is 37.9 Å². The van der Waals surface area contributed by atoms with E-state index in [2.05, 4.69) is 4.99 Å². The van der Waals surface area contributed by atoms with E-state index in [-0.39, 0.29) is 10.8 Å². The standard InChI is InChI=1S/C21H13ClN2O4S2/c22-15-5-1-13(2-6-15)12-29-21-23-18(20(25)30-21)11-17-9-10-19(28-17)14-3-7-16(8-4-14)24(26)27/h1-11H,12H2/b18-11-. The molecular weight excluding hydrogens is 444 g/mol. The van der Waals surface area contributed by atoms with Crippen LogP contribution in [-0.2, 0) is 10.5 Å². The smallest absolute Gasteiger partial charge is 0.269 e. The monoisotopic (exact) mass is 456 g/mol. The van der Waals surface area contributed by atoms with Crippen LogP contribution in [-0.4, -0.2) is 14.4 Å². The van der Waals surface area contributed by atoms with Crippen LogP contribution in [0, 0.1) is 10.1 Å². The Kier molecular flexibility index (Phi) is 6.08. The van der Waals surface area contributed by atoms with Crippen LogP contribution in [0.1, 0.15) is 11.3 Å². The summed E-state index contributed by atoms with van der Waals surface area (Å²) in [6.45, 7) is 0. The Morgan fingerprint density at radius 1 is 1.10 bits per heavy atom. The van der Waals surface area contributed by atoms with Crippen molar-refractivity contribution < 1.29 is 14.1 Å². The predicted octanol–water partition coefficient (Wildman–Crippen LogP) is 6.41. The minimum absolute atomic E-state index is 0.0131. The number of carbonyl (C=O) groups excluding carboxylic acids is 1. The third kappa shape index (κ3) is 4.84. The highest BCUT2D eigenvalue weighted by atomic mass is 35.5. The highest BCUT2D eigenvalue weighted by Gasteiger charge is 2.23. The third-order valence-corrected chi connectivity index (χ3v) is 6.48. The fourth-order valence-electron chi connectivity index (χ4n) is 2.64. The molecule has 0 saturated carbocycles. The first-order valence-electron chi connectivity index (χ1n) is 8.72. The number of furan rings is 1. The summed E-state index contributed by atoms with van der Waals surface area (Å²) in [5.74, 6) is 1.73. The van der Waals surface area contributed by atoms with Crippen molar-refractivity contribution in [2.75, 3.05) is 0 Å². The second kappa shape index (κ2) is 8.91. The van der Waals surface area contributed by atoms with Gasteiger partial charge in [-0.3, -0.25) is 14.9 Å². The van der Waals surface area contributed by atoms with E-state index in [1.165, 1.54) is 23.9 Å². The Balaban J connectivity index is 1.45. The first-order valence-corrected chi connectivity index (χ1v) is 10.9. The molecule has 0 aliphatic carbocycles. The molecule has 0 atom stereocenters. The van der Waals surface area contributed by atoms with Crippen LogP contribution in [0.2, 0.25) is 5.02 Å². The Hall–Kier alpha value is -2.81. The molecule has 2 heterocycles. The SMILES string of the molecule is O=C1SC(SCc2ccc(Cl)cc2)=N/C1=C\c1ccc(-c2ccc([N+](=O)[O-])cc2)o1. The maximum Gasteiger partial charge on any atom is 0.269 e. The molecule has 0 saturated heterocycles. The second-order valence-electron chi connectivity index (χ2n) is 6.22. The summed E-state index contributed by atoms with van der Waals surface area (Å²) in [5.41, 5.74) is 2.14. The van der Waals surface area contributed by atoms with Gasteiger partial charge in [0.2, 0.25) is 5.12 Å². The maximum absolute atomic E-state index is 12.3. The Morgan fingerprint density at radius 3 is 2.53 bits per heavy atom. The first-order chi connectivity index (χ1) is 14.5. The molecule has 2 aromatic carbocycles. The van der Waals surface area contributed by atoms with Crippen molar-refractivity contribution in [3.8, 4) is 11.3 Å². The van der Waals surface area contributed by atoms with E-state index in [9.17, 15) is 14.9 Å². The maximum atomic E-state index is 12.3. The molecular formula is C21H13ClN2O4S2. The summed E-state index contributed by atoms with van der Waals surface area (Å²) in [6, 6.07) is 17.1. The molecule has 30 heavy (non-hydrogen) atoms. The lowest BCUT2D eigenvalue weighted by atomic mass is 10.1. The van der Waals surface area contributed by atoms with Gasteiger partial charge in [-0.15, -0.1) is 0 Å². The number of nitro benzene ring substituents is 1. The summed E-state index contributed by atoms with van der Waals surface area (Å²) in [7, 11) is 0. The zero-order chi connectivity index (χ0) is 21.1. The van der Waals surface area contributed by atoms with Gasteiger partial charge in [-0.1, -0.05) is 35.5 Å². The molecule has 9 heteroatoms. The molecule has 0 N–H and O–H groups in total. The van der Waals surface area contributed by atoms with Gasteiger partial charge in [0.1, 0.15) is 21.6 Å². The molecule has 0 radical (unpaired) electrons. The fourth-order valence-corrected chi connectivity index (χ4v) is 4.57. The van der Waals surface area contributed by atoms with Gasteiger partial charge in [-0.05, 0) is 53.7 Å². The quantitative estimate of drug-likeness (QED) is 0.250. The minimum Gasteiger partial charge on any atom is -0.457 e. The number of halogens is 1. The van der Waals surface area contributed by atoms with Gasteiger partial charge in [0, 0.05) is 34.5 Å². The normalized spacial score (nSPS) is 14.9. The molecule has 0 bridgehead atoms. The number of hydrogen-bond donors (Lipinski definition) is 0. The zero-order valence-corrected chi connectivity index (χ0v) is 17.7. The molecule has 0 unspecified atom stereocenters. The van der Waals surface area contributed by atoms with Crippen molar-refractivity contribution in [3.05, 3.63) is 92.8 Å². The Labute approximate surface area is 185 Å². The molecule has 0 amide bonds. The van der Waals surface area contributed by atoms with Crippen molar-refractivity contribution in [1.29, 1.82) is 0 Å². The number of nitro groups is 1. The summed E-state index contributed by atoms with van der Waals surface area (Å²) in [4.78, 5) is 27.0. The zero-order valence-electron chi connectivity index (χ0n) is 15.3. The van der Waals surface area contributed by atoms with E-state index in [1.54, 1.807) is 30.3 Å². The molecule has 150 valence electrons. The first kappa shape index (κ1) is 20.5. The highest BCUT2D eigenvalue weighted by molar-refractivity contribution is 8.45. The van der Waals surface area contributed by atoms with Crippen LogP contribution in [0.25, 0.3) is 17.4 Å². The molecule has 1 aliphatic heterocycles. The van der Waals surface area contributed by atoms with E-state index in [1.807, 2.05) is 24.3 Å². The average molecular weight is 457 g/mol. The van der Waals surface area contributed by atoms with Crippen LogP contribution in [0.4, 0.5) is 5.69 Å². The summed E-state index contributed by atoms with van der Waals surface area (Å²) < 4.78 is 6.44. The summed E-state index contributed by atoms with van der Waals surface area (Å²) in [5, 5.41) is 11.3. The molecule has 0 spiro atoms. The number of rotatable bonds is 5. The molecule has 1 aliphatic rings. The van der Waals surface area contributed by atoms with Crippen molar-refractivity contribution in [3.63, 3.8) is 0 Å². The third-order valence-electron chi connectivity index (χ3n) is 4.14. The number of nitrogens with zero attached hydrogens (tertiary/aromatic N) is 2. The van der Waals surface area contributed by atoms with Crippen molar-refractivity contribution >= 4 is 56.4 Å². The molecule has 4 rings (SSSR count). The Morgan fingerprint density at radius 2 is 1.83 bits per heavy atom. The lowest BCUT2D eigenvalue weighted by Crippen LogP contribution is -1.88. The number of non-ortho nitro benzene ring substituents is 1. The number of carbonyl (C=O) groups is 1. The fraction of sp³-hybridized carbons (Fsp3) is 0.0476. The minimum atomic E-state index is -0.453. The molecule has 0 fully saturated rings. The van der Waals surface area contributed by atoms with E-state index < -0.39 is 4.92 Å². The number of thioether (sulfide) groups is 2. The van der Waals surface area contributed by atoms with Gasteiger partial charge in [0.05, 0.1) is 4.92 Å². The van der Waals surface area contributed by atoms with Crippen LogP contribution in [0.15, 0.2) is 75.8 Å². The average Bonchev–Trinajstić information content (AvgIpc) is 3.35. The van der Waals surface area contributed by atoms with Gasteiger partial charge >= 0.3 is 0 Å². The molecule has 1 aromatic heterocycles. The van der Waals surface area contributed by atoms with Gasteiger partial charge in [-0.2, -0.15) is 0 Å². The lowest BCUT2D eigenvalue weighted by Gasteiger charge is -1.99. The number of hydrogen-bond acceptors (Lipinski definition) is 7. The van der Waals surface area contributed by atoms with Gasteiger partial charge < -0.3 is 4.42 Å². The van der Waals surface area contributed by atoms with Crippen LogP contribution in [0.3, 0.4) is 0 Å². The Bertz CT molecular complexity index is 1170. The lowest BCUT2D eigenvalue weighted by molar-refractivity contribution is -0.384. The van der Waals surface area contributed by atoms with Gasteiger partial charge in [-0.25, -0.2) is 4.99 Å². The highest BCUT2D eigenvalue weighted by Crippen LogP contribution is 2.33. The number of benzene rings is 2. The molecule has 3 aromatic rings. The van der Waals surface area contributed by atoms with Crippen molar-refractivity contribution in [2.45, 2.75) is 5.75 Å². The van der Waals surface area contributed by atoms with E-state index >= 15 is 0 Å². The second-order valence-corrected chi connectivity index (χ2v) is 8.84. The summed E-state index contributed by atoms with van der Waals surface area (Å²) >= 11 is 8.48. The van der Waals surface area contributed by atoms with Crippen LogP contribution < -0.4 is 0 Å². The predicted molar refractivity (Wildman–Crippen MR) is 122 cm³/mol. The van der Waals surface area contributed by atoms with Crippen molar-refractivity contribution in [1.82, 2.24) is 0 Å². The van der Waals surface area contributed by atoms with Crippen molar-refractivity contribution in [2.24, 2.45) is 4.99 Å². The molecule has 6 nitrogen and oxygen atoms in total. The summed E-state index contributed by atoms with van der Waals surface area (Å²) in [6.07, 6.45) is 1.60. The number of aliphatic imine (C=N–C) groups is 1.